The summed E-state index contributed by atoms with van der Waals surface area (Å²) < 4.78 is 10.6. The molecule has 0 radical (unpaired) electrons. The van der Waals surface area contributed by atoms with Gasteiger partial charge in [0, 0.05) is 5.33 Å². The van der Waals surface area contributed by atoms with E-state index in [1.54, 1.807) is 12.1 Å². The van der Waals surface area contributed by atoms with Gasteiger partial charge in [0.25, 0.3) is 0 Å². The highest BCUT2D eigenvalue weighted by molar-refractivity contribution is 9.09. The van der Waals surface area contributed by atoms with E-state index in [0.717, 1.165) is 22.4 Å². The van der Waals surface area contributed by atoms with Gasteiger partial charge in [0.05, 0.1) is 12.7 Å². The molecule has 28 heavy (non-hydrogen) atoms. The first-order valence-corrected chi connectivity index (χ1v) is 10.0. The summed E-state index contributed by atoms with van der Waals surface area (Å²) in [6.07, 6.45) is 2.05. The Hall–Kier alpha value is -2.85. The van der Waals surface area contributed by atoms with Gasteiger partial charge in [-0.05, 0) is 46.5 Å². The maximum absolute atomic E-state index is 11.5. The lowest BCUT2D eigenvalue weighted by Gasteiger charge is -2.09. The second-order valence-electron chi connectivity index (χ2n) is 6.23. The summed E-state index contributed by atoms with van der Waals surface area (Å²) in [5.41, 5.74) is 4.98. The number of esters is 1. The van der Waals surface area contributed by atoms with Gasteiger partial charge in [-0.1, -0.05) is 76.6 Å². The normalized spacial score (nSPS) is 11.1. The molecule has 0 unspecified atom stereocenters. The van der Waals surface area contributed by atoms with Crippen LogP contribution in [0, 0.1) is 0 Å². The van der Waals surface area contributed by atoms with Crippen LogP contribution in [0.15, 0.2) is 84.4 Å². The zero-order valence-corrected chi connectivity index (χ0v) is 17.2. The van der Waals surface area contributed by atoms with Crippen LogP contribution >= 0.6 is 15.9 Å². The third-order valence-electron chi connectivity index (χ3n) is 4.26. The lowest BCUT2D eigenvalue weighted by atomic mass is 10.1. The first-order chi connectivity index (χ1) is 13.7. The van der Waals surface area contributed by atoms with Crippen molar-refractivity contribution in [1.29, 1.82) is 0 Å². The fourth-order valence-corrected chi connectivity index (χ4v) is 3.06. The highest BCUT2D eigenvalue weighted by Crippen LogP contribution is 2.22. The monoisotopic (exact) mass is 436 g/mol. The van der Waals surface area contributed by atoms with E-state index in [0.29, 0.717) is 17.5 Å². The predicted octanol–water partition coefficient (Wildman–Crippen LogP) is 6.00. The number of alkyl halides is 1. The molecule has 0 aliphatic carbocycles. The van der Waals surface area contributed by atoms with E-state index in [-0.39, 0.29) is 5.97 Å². The summed E-state index contributed by atoms with van der Waals surface area (Å²) in [6.45, 7) is 0.481. The van der Waals surface area contributed by atoms with Crippen LogP contribution in [0.5, 0.6) is 5.75 Å². The summed E-state index contributed by atoms with van der Waals surface area (Å²) in [5, 5.41) is 0.702. The third-order valence-corrected chi connectivity index (χ3v) is 4.98. The van der Waals surface area contributed by atoms with Crippen molar-refractivity contribution in [2.75, 3.05) is 19.0 Å². The fraction of sp³-hybridized carbons (Fsp3) is 0.125. The van der Waals surface area contributed by atoms with E-state index in [1.165, 1.54) is 12.7 Å². The summed E-state index contributed by atoms with van der Waals surface area (Å²) in [7, 11) is 1.38. The van der Waals surface area contributed by atoms with Gasteiger partial charge < -0.3 is 9.47 Å². The highest BCUT2D eigenvalue weighted by Gasteiger charge is 2.05. The van der Waals surface area contributed by atoms with Crippen LogP contribution in [0.25, 0.3) is 17.2 Å². The molecule has 0 fully saturated rings. The lowest BCUT2D eigenvalue weighted by molar-refractivity contribution is 0.0600. The van der Waals surface area contributed by atoms with Crippen molar-refractivity contribution < 1.29 is 14.3 Å². The molecule has 0 N–H and O–H groups in total. The number of methoxy groups -OCH3 is 1. The Morgan fingerprint density at radius 3 is 2.14 bits per heavy atom. The van der Waals surface area contributed by atoms with E-state index in [9.17, 15) is 4.79 Å². The average molecular weight is 437 g/mol. The van der Waals surface area contributed by atoms with Gasteiger partial charge in [0.2, 0.25) is 0 Å². The van der Waals surface area contributed by atoms with Crippen molar-refractivity contribution in [2.24, 2.45) is 0 Å². The van der Waals surface area contributed by atoms with Crippen LogP contribution in [0.1, 0.15) is 15.9 Å². The third kappa shape index (κ3) is 5.33. The van der Waals surface area contributed by atoms with E-state index >= 15 is 0 Å². The van der Waals surface area contributed by atoms with Gasteiger partial charge in [0.1, 0.15) is 12.4 Å². The van der Waals surface area contributed by atoms with Crippen molar-refractivity contribution in [3.8, 4) is 16.9 Å². The molecular formula is C24H21BrO3. The Labute approximate surface area is 173 Å². The van der Waals surface area contributed by atoms with Crippen molar-refractivity contribution in [1.82, 2.24) is 0 Å². The summed E-state index contributed by atoms with van der Waals surface area (Å²) in [5.74, 6) is 0.492. The molecule has 142 valence electrons. The Balaban J connectivity index is 1.63. The number of carbonyl (C=O) groups excluding carboxylic acids is 1. The van der Waals surface area contributed by atoms with Gasteiger partial charge in [-0.2, -0.15) is 0 Å². The van der Waals surface area contributed by atoms with Gasteiger partial charge in [-0.25, -0.2) is 4.79 Å². The molecule has 3 rings (SSSR count). The second-order valence-corrected chi connectivity index (χ2v) is 6.79. The quantitative estimate of drug-likeness (QED) is 0.336. The van der Waals surface area contributed by atoms with E-state index in [2.05, 4.69) is 40.2 Å². The minimum atomic E-state index is -0.335. The van der Waals surface area contributed by atoms with E-state index in [4.69, 9.17) is 9.47 Å². The predicted molar refractivity (Wildman–Crippen MR) is 117 cm³/mol. The smallest absolute Gasteiger partial charge is 0.337 e. The Bertz CT molecular complexity index is 930. The van der Waals surface area contributed by atoms with Crippen LogP contribution in [0.4, 0.5) is 0 Å². The molecule has 0 bridgehead atoms. The zero-order chi connectivity index (χ0) is 19.8. The van der Waals surface area contributed by atoms with Crippen molar-refractivity contribution in [3.63, 3.8) is 0 Å². The number of rotatable bonds is 7. The van der Waals surface area contributed by atoms with Crippen LogP contribution < -0.4 is 4.74 Å². The topological polar surface area (TPSA) is 35.5 Å². The maximum atomic E-state index is 11.5. The molecular weight excluding hydrogens is 416 g/mol. The van der Waals surface area contributed by atoms with Gasteiger partial charge in [-0.3, -0.25) is 0 Å². The number of halogens is 1. The summed E-state index contributed by atoms with van der Waals surface area (Å²) >= 11 is 3.52. The SMILES string of the molecule is COC(=O)c1ccc(/C=C(\CBr)COc2ccc(-c3ccccc3)cc2)cc1. The molecule has 0 spiro atoms. The second kappa shape index (κ2) is 9.90. The molecule has 0 aliphatic heterocycles. The van der Waals surface area contributed by atoms with Crippen molar-refractivity contribution in [2.45, 2.75) is 0 Å². The minimum Gasteiger partial charge on any atom is -0.489 e. The Morgan fingerprint density at radius 1 is 0.893 bits per heavy atom. The maximum Gasteiger partial charge on any atom is 0.337 e. The van der Waals surface area contributed by atoms with Gasteiger partial charge >= 0.3 is 5.97 Å². The minimum absolute atomic E-state index is 0.335. The standard InChI is InChI=1S/C24H21BrO3/c1-27-24(26)22-9-7-18(8-10-22)15-19(16-25)17-28-23-13-11-21(12-14-23)20-5-3-2-4-6-20/h2-15H,16-17H2,1H3/b19-15+. The van der Waals surface area contributed by atoms with Crippen LogP contribution in [-0.4, -0.2) is 25.0 Å². The molecule has 0 saturated heterocycles. The van der Waals surface area contributed by atoms with Crippen molar-refractivity contribution >= 4 is 28.0 Å². The number of hydrogen-bond acceptors (Lipinski definition) is 3. The van der Waals surface area contributed by atoms with E-state index in [1.807, 2.05) is 48.5 Å². The van der Waals surface area contributed by atoms with E-state index < -0.39 is 0 Å². The molecule has 0 atom stereocenters. The molecule has 0 amide bonds. The number of hydrogen-bond donors (Lipinski definition) is 0. The largest absolute Gasteiger partial charge is 0.489 e. The van der Waals surface area contributed by atoms with Crippen LogP contribution in [-0.2, 0) is 4.74 Å². The molecule has 3 nitrogen and oxygen atoms in total. The first-order valence-electron chi connectivity index (χ1n) is 8.91. The van der Waals surface area contributed by atoms with Crippen molar-refractivity contribution in [3.05, 3.63) is 95.6 Å². The van der Waals surface area contributed by atoms with Crippen LogP contribution in [0.2, 0.25) is 0 Å². The Kier molecular flexibility index (Phi) is 7.04. The van der Waals surface area contributed by atoms with Crippen LogP contribution in [0.3, 0.4) is 0 Å². The summed E-state index contributed by atoms with van der Waals surface area (Å²) in [4.78, 5) is 11.5. The Morgan fingerprint density at radius 2 is 1.54 bits per heavy atom. The number of carbonyl (C=O) groups is 1. The number of ether oxygens (including phenoxy) is 2. The number of benzene rings is 3. The first kappa shape index (κ1) is 19.9. The molecule has 0 aromatic heterocycles. The molecule has 3 aromatic carbocycles. The summed E-state index contributed by atoms with van der Waals surface area (Å²) in [6, 6.07) is 25.7. The lowest BCUT2D eigenvalue weighted by Crippen LogP contribution is -2.03. The molecule has 0 heterocycles. The molecule has 0 saturated carbocycles. The van der Waals surface area contributed by atoms with Gasteiger partial charge in [-0.15, -0.1) is 0 Å². The highest BCUT2D eigenvalue weighted by atomic mass is 79.9. The average Bonchev–Trinajstić information content (AvgIpc) is 2.77. The zero-order valence-electron chi connectivity index (χ0n) is 15.6. The molecule has 0 aliphatic rings. The fourth-order valence-electron chi connectivity index (χ4n) is 2.74. The molecule has 4 heteroatoms. The van der Waals surface area contributed by atoms with Gasteiger partial charge in [0.15, 0.2) is 0 Å². The molecule has 3 aromatic rings.